The second-order valence-electron chi connectivity index (χ2n) is 5.05. The summed E-state index contributed by atoms with van der Waals surface area (Å²) < 4.78 is 11.0. The van der Waals surface area contributed by atoms with Crippen LogP contribution in [0.1, 0.15) is 11.3 Å². The third-order valence-corrected chi connectivity index (χ3v) is 4.56. The molecule has 2 aromatic heterocycles. The summed E-state index contributed by atoms with van der Waals surface area (Å²) in [5.74, 6) is 1.05. The molecule has 0 radical (unpaired) electrons. The van der Waals surface area contributed by atoms with Crippen molar-refractivity contribution in [2.24, 2.45) is 0 Å². The summed E-state index contributed by atoms with van der Waals surface area (Å²) in [6.45, 7) is 4.02. The first kappa shape index (κ1) is 13.5. The average molecular weight is 294 g/mol. The summed E-state index contributed by atoms with van der Waals surface area (Å²) in [5, 5.41) is 4.35. The number of nitrogens with two attached hydrogens (primary N) is 1. The van der Waals surface area contributed by atoms with Gasteiger partial charge in [-0.1, -0.05) is 0 Å². The van der Waals surface area contributed by atoms with Gasteiger partial charge < -0.3 is 20.5 Å². The lowest BCUT2D eigenvalue weighted by atomic mass is 10.0. The zero-order valence-electron chi connectivity index (χ0n) is 11.6. The molecule has 0 saturated carbocycles. The van der Waals surface area contributed by atoms with Crippen molar-refractivity contribution in [3.63, 3.8) is 0 Å². The van der Waals surface area contributed by atoms with Gasteiger partial charge in [0.25, 0.3) is 0 Å². The molecule has 1 aliphatic rings. The van der Waals surface area contributed by atoms with Gasteiger partial charge in [-0.15, -0.1) is 11.3 Å². The number of thiophene rings is 1. The van der Waals surface area contributed by atoms with Gasteiger partial charge in [-0.25, -0.2) is 4.98 Å². The molecule has 108 valence electrons. The van der Waals surface area contributed by atoms with Crippen molar-refractivity contribution in [3.05, 3.63) is 10.9 Å². The number of hydrogen-bond donors (Lipinski definition) is 2. The number of aromatic nitrogens is 2. The van der Waals surface area contributed by atoms with Crippen molar-refractivity contribution < 1.29 is 9.47 Å². The fourth-order valence-corrected chi connectivity index (χ4v) is 3.29. The number of fused-ring (bicyclic) bond motifs is 1. The highest BCUT2D eigenvalue weighted by atomic mass is 32.1. The van der Waals surface area contributed by atoms with E-state index in [4.69, 9.17) is 15.2 Å². The first-order chi connectivity index (χ1) is 9.62. The molecule has 1 aliphatic heterocycles. The minimum Gasteiger partial charge on any atom is -0.378 e. The first-order valence-electron chi connectivity index (χ1n) is 6.52. The lowest BCUT2D eigenvalue weighted by Gasteiger charge is -2.26. The lowest BCUT2D eigenvalue weighted by molar-refractivity contribution is -0.00623. The van der Waals surface area contributed by atoms with E-state index in [-0.39, 0.29) is 11.5 Å². The van der Waals surface area contributed by atoms with Crippen LogP contribution in [0, 0.1) is 6.92 Å². The minimum atomic E-state index is -0.281. The number of aryl methyl sites for hydroxylation is 1. The van der Waals surface area contributed by atoms with E-state index in [9.17, 15) is 0 Å². The maximum absolute atomic E-state index is 5.77. The second-order valence-corrected chi connectivity index (χ2v) is 6.28. The molecule has 0 bridgehead atoms. The Morgan fingerprint density at radius 1 is 1.55 bits per heavy atom. The Labute approximate surface area is 121 Å². The van der Waals surface area contributed by atoms with E-state index in [1.807, 2.05) is 6.92 Å². The molecule has 20 heavy (non-hydrogen) atoms. The molecule has 0 aromatic carbocycles. The topological polar surface area (TPSA) is 82.3 Å². The van der Waals surface area contributed by atoms with Crippen LogP contribution in [-0.2, 0) is 9.47 Å². The molecular weight excluding hydrogens is 276 g/mol. The number of nitrogens with zero attached hydrogens (tertiary/aromatic N) is 2. The maximum Gasteiger partial charge on any atom is 0.223 e. The number of hydrogen-bond acceptors (Lipinski definition) is 7. The largest absolute Gasteiger partial charge is 0.378 e. The van der Waals surface area contributed by atoms with Gasteiger partial charge in [0.1, 0.15) is 16.2 Å². The van der Waals surface area contributed by atoms with Gasteiger partial charge >= 0.3 is 0 Å². The van der Waals surface area contributed by atoms with Crippen LogP contribution in [0.25, 0.3) is 10.2 Å². The van der Waals surface area contributed by atoms with Crippen molar-refractivity contribution >= 4 is 33.3 Å². The van der Waals surface area contributed by atoms with E-state index in [0.29, 0.717) is 13.2 Å². The van der Waals surface area contributed by atoms with E-state index >= 15 is 0 Å². The Balaban J connectivity index is 1.86. The van der Waals surface area contributed by atoms with Gasteiger partial charge in [0.2, 0.25) is 5.95 Å². The molecule has 1 unspecified atom stereocenters. The molecule has 2 aromatic rings. The lowest BCUT2D eigenvalue weighted by Crippen LogP contribution is -2.39. The van der Waals surface area contributed by atoms with Crippen LogP contribution < -0.4 is 11.1 Å². The van der Waals surface area contributed by atoms with E-state index in [1.54, 1.807) is 18.4 Å². The fraction of sp³-hybridized carbons (Fsp3) is 0.538. The third-order valence-electron chi connectivity index (χ3n) is 3.61. The van der Waals surface area contributed by atoms with Crippen LogP contribution >= 0.6 is 11.3 Å². The van der Waals surface area contributed by atoms with Crippen molar-refractivity contribution in [2.45, 2.75) is 18.9 Å². The Morgan fingerprint density at radius 3 is 3.10 bits per heavy atom. The minimum absolute atomic E-state index is 0.281. The standard InChI is InChI=1S/C13H18N4O2S/c1-8-5-9-10(16-12(14)17-11(9)20-8)15-6-13(18-2)3-4-19-7-13/h5H,3-4,6-7H2,1-2H3,(H3,14,15,16,17). The van der Waals surface area contributed by atoms with Crippen molar-refractivity contribution in [2.75, 3.05) is 37.9 Å². The van der Waals surface area contributed by atoms with Crippen LogP contribution in [0.3, 0.4) is 0 Å². The number of ether oxygens (including phenoxy) is 2. The van der Waals surface area contributed by atoms with E-state index in [2.05, 4.69) is 21.4 Å². The molecule has 0 spiro atoms. The second kappa shape index (κ2) is 5.16. The van der Waals surface area contributed by atoms with Gasteiger partial charge in [-0.05, 0) is 13.0 Å². The highest BCUT2D eigenvalue weighted by Crippen LogP contribution is 2.30. The summed E-state index contributed by atoms with van der Waals surface area (Å²) in [6.07, 6.45) is 0.878. The molecule has 3 N–H and O–H groups in total. The average Bonchev–Trinajstić information content (AvgIpc) is 3.02. The monoisotopic (exact) mass is 294 g/mol. The maximum atomic E-state index is 5.77. The number of methoxy groups -OCH3 is 1. The fourth-order valence-electron chi connectivity index (χ4n) is 2.40. The van der Waals surface area contributed by atoms with Gasteiger partial charge in [0.05, 0.1) is 12.0 Å². The molecule has 6 nitrogen and oxygen atoms in total. The molecule has 3 rings (SSSR count). The van der Waals surface area contributed by atoms with Crippen LogP contribution in [0.15, 0.2) is 6.07 Å². The predicted molar refractivity (Wildman–Crippen MR) is 80.2 cm³/mol. The molecule has 1 atom stereocenters. The molecule has 0 amide bonds. The van der Waals surface area contributed by atoms with Gasteiger partial charge in [0, 0.05) is 31.6 Å². The van der Waals surface area contributed by atoms with Crippen molar-refractivity contribution in [1.82, 2.24) is 9.97 Å². The van der Waals surface area contributed by atoms with E-state index in [1.165, 1.54) is 4.88 Å². The smallest absolute Gasteiger partial charge is 0.223 e. The summed E-state index contributed by atoms with van der Waals surface area (Å²) in [5.41, 5.74) is 5.49. The molecule has 1 fully saturated rings. The number of rotatable bonds is 4. The normalized spacial score (nSPS) is 22.5. The zero-order chi connectivity index (χ0) is 14.2. The highest BCUT2D eigenvalue weighted by molar-refractivity contribution is 7.18. The van der Waals surface area contributed by atoms with E-state index in [0.717, 1.165) is 29.1 Å². The Morgan fingerprint density at radius 2 is 2.40 bits per heavy atom. The van der Waals surface area contributed by atoms with Crippen LogP contribution in [0.2, 0.25) is 0 Å². The van der Waals surface area contributed by atoms with Crippen molar-refractivity contribution in [3.8, 4) is 0 Å². The van der Waals surface area contributed by atoms with E-state index < -0.39 is 0 Å². The SMILES string of the molecule is COC1(CNc2nc(N)nc3sc(C)cc23)CCOC1. The quantitative estimate of drug-likeness (QED) is 0.894. The van der Waals surface area contributed by atoms with Crippen molar-refractivity contribution in [1.29, 1.82) is 0 Å². The number of nitrogen functional groups attached to an aromatic ring is 1. The highest BCUT2D eigenvalue weighted by Gasteiger charge is 2.35. The Bertz CT molecular complexity index is 622. The van der Waals surface area contributed by atoms with Crippen LogP contribution in [0.4, 0.5) is 11.8 Å². The third kappa shape index (κ3) is 2.44. The summed E-state index contributed by atoms with van der Waals surface area (Å²) in [7, 11) is 1.72. The molecule has 3 heterocycles. The summed E-state index contributed by atoms with van der Waals surface area (Å²) in [4.78, 5) is 10.7. The van der Waals surface area contributed by atoms with Gasteiger partial charge in [-0.2, -0.15) is 4.98 Å². The summed E-state index contributed by atoms with van der Waals surface area (Å²) >= 11 is 1.62. The molecular formula is C13H18N4O2S. The number of anilines is 2. The van der Waals surface area contributed by atoms with Crippen LogP contribution in [0.5, 0.6) is 0 Å². The van der Waals surface area contributed by atoms with Gasteiger partial charge in [0.15, 0.2) is 0 Å². The summed E-state index contributed by atoms with van der Waals surface area (Å²) in [6, 6.07) is 2.08. The number of nitrogens with one attached hydrogen (secondary N) is 1. The van der Waals surface area contributed by atoms with Crippen LogP contribution in [-0.4, -0.2) is 42.4 Å². The molecule has 0 aliphatic carbocycles. The Hall–Kier alpha value is -1.44. The zero-order valence-corrected chi connectivity index (χ0v) is 12.4. The molecule has 1 saturated heterocycles. The Kier molecular flexibility index (Phi) is 3.49. The first-order valence-corrected chi connectivity index (χ1v) is 7.34. The predicted octanol–water partition coefficient (Wildman–Crippen LogP) is 1.80. The van der Waals surface area contributed by atoms with Gasteiger partial charge in [-0.3, -0.25) is 0 Å². The molecule has 7 heteroatoms.